The lowest BCUT2D eigenvalue weighted by molar-refractivity contribution is -0.118. The number of nitrogens with zero attached hydrogens (tertiary/aromatic N) is 1. The van der Waals surface area contributed by atoms with E-state index in [0.29, 0.717) is 44.0 Å². The van der Waals surface area contributed by atoms with Crippen molar-refractivity contribution in [3.8, 4) is 17.2 Å². The third-order valence-electron chi connectivity index (χ3n) is 4.40. The van der Waals surface area contributed by atoms with Crippen molar-refractivity contribution in [3.05, 3.63) is 73.1 Å². The summed E-state index contributed by atoms with van der Waals surface area (Å²) in [7, 11) is 0. The molecule has 0 aliphatic heterocycles. The summed E-state index contributed by atoms with van der Waals surface area (Å²) in [5.41, 5.74) is 3.22. The van der Waals surface area contributed by atoms with Crippen LogP contribution in [0.5, 0.6) is 5.75 Å². The molecule has 0 saturated heterocycles. The number of hydrogen-bond acceptors (Lipinski definition) is 4. The number of carbonyl (C=O) groups is 1. The van der Waals surface area contributed by atoms with Crippen molar-refractivity contribution in [3.63, 3.8) is 0 Å². The summed E-state index contributed by atoms with van der Waals surface area (Å²) < 4.78 is 13.2. The van der Waals surface area contributed by atoms with E-state index in [9.17, 15) is 4.79 Å². The Morgan fingerprint density at radius 3 is 2.74 bits per heavy atom. The van der Waals surface area contributed by atoms with Gasteiger partial charge in [-0.25, -0.2) is 4.98 Å². The molecule has 0 aliphatic carbocycles. The van der Waals surface area contributed by atoms with E-state index >= 15 is 0 Å². The second-order valence-corrected chi connectivity index (χ2v) is 9.23. The van der Waals surface area contributed by atoms with Crippen LogP contribution in [0, 0.1) is 6.92 Å². The lowest BCUT2D eigenvalue weighted by Crippen LogP contribution is -2.20. The Balaban J connectivity index is 1.49. The van der Waals surface area contributed by atoms with Crippen LogP contribution in [-0.4, -0.2) is 17.5 Å². The van der Waals surface area contributed by atoms with E-state index in [0.717, 1.165) is 14.5 Å². The Kier molecular flexibility index (Phi) is 6.57. The van der Waals surface area contributed by atoms with E-state index in [1.54, 1.807) is 36.4 Å². The molecule has 4 rings (SSSR count). The number of aryl methyl sites for hydroxylation is 1. The minimum absolute atomic E-state index is 0.138. The fourth-order valence-electron chi connectivity index (χ4n) is 3.00. The van der Waals surface area contributed by atoms with Gasteiger partial charge in [0, 0.05) is 10.2 Å². The highest BCUT2D eigenvalue weighted by Crippen LogP contribution is 2.35. The molecule has 1 N–H and O–H groups in total. The van der Waals surface area contributed by atoms with Crippen molar-refractivity contribution in [1.82, 2.24) is 4.98 Å². The van der Waals surface area contributed by atoms with Gasteiger partial charge >= 0.3 is 0 Å². The molecular weight excluding hydrogens is 571 g/mol. The topological polar surface area (TPSA) is 64.4 Å². The first kappa shape index (κ1) is 22.1. The van der Waals surface area contributed by atoms with Crippen LogP contribution in [0.2, 0.25) is 10.0 Å². The number of fused-ring (bicyclic) bond motifs is 1. The van der Waals surface area contributed by atoms with Gasteiger partial charge in [-0.3, -0.25) is 4.79 Å². The molecule has 0 saturated carbocycles. The number of halogens is 4. The third kappa shape index (κ3) is 4.90. The second-order valence-electron chi connectivity index (χ2n) is 6.67. The van der Waals surface area contributed by atoms with Crippen LogP contribution in [0.4, 0.5) is 5.69 Å². The Bertz CT molecular complexity index is 1280. The number of carbonyl (C=O) groups excluding carboxylic acids is 1. The summed E-state index contributed by atoms with van der Waals surface area (Å²) >= 11 is 19.2. The van der Waals surface area contributed by atoms with Gasteiger partial charge in [0.15, 0.2) is 12.2 Å². The van der Waals surface area contributed by atoms with Crippen molar-refractivity contribution in [2.24, 2.45) is 0 Å². The number of ether oxygens (including phenoxy) is 1. The molecule has 158 valence electrons. The molecule has 1 heterocycles. The molecule has 0 atom stereocenters. The molecule has 0 bridgehead atoms. The van der Waals surface area contributed by atoms with Gasteiger partial charge in [0.25, 0.3) is 5.91 Å². The first-order valence-electron chi connectivity index (χ1n) is 9.05. The van der Waals surface area contributed by atoms with Crippen LogP contribution < -0.4 is 10.1 Å². The highest BCUT2D eigenvalue weighted by Gasteiger charge is 2.15. The van der Waals surface area contributed by atoms with Crippen molar-refractivity contribution < 1.29 is 13.9 Å². The number of oxazole rings is 1. The van der Waals surface area contributed by atoms with Gasteiger partial charge in [0.2, 0.25) is 5.89 Å². The lowest BCUT2D eigenvalue weighted by Gasteiger charge is -2.12. The number of anilines is 1. The third-order valence-corrected chi connectivity index (χ3v) is 6.26. The van der Waals surface area contributed by atoms with E-state index in [1.165, 1.54) is 0 Å². The van der Waals surface area contributed by atoms with Crippen molar-refractivity contribution in [1.29, 1.82) is 0 Å². The number of benzene rings is 3. The van der Waals surface area contributed by atoms with E-state index in [2.05, 4.69) is 42.2 Å². The van der Waals surface area contributed by atoms with Crippen LogP contribution in [-0.2, 0) is 4.79 Å². The highest BCUT2D eigenvalue weighted by atomic mass is 79.9. The minimum Gasteiger partial charge on any atom is -0.482 e. The standard InChI is InChI=1S/C22H14Br2Cl2N2O3/c1-11-7-12(23)8-15(24)21(11)30-10-19(29)27-13-5-6-18-17(9-13)28-22(31-18)14-3-2-4-16(25)20(14)26/h2-9H,10H2,1H3,(H,27,29). The zero-order chi connectivity index (χ0) is 22.1. The van der Waals surface area contributed by atoms with Gasteiger partial charge in [-0.2, -0.15) is 0 Å². The molecule has 5 nitrogen and oxygen atoms in total. The average molecular weight is 585 g/mol. The monoisotopic (exact) mass is 582 g/mol. The summed E-state index contributed by atoms with van der Waals surface area (Å²) in [6.07, 6.45) is 0. The van der Waals surface area contributed by atoms with E-state index < -0.39 is 0 Å². The zero-order valence-electron chi connectivity index (χ0n) is 16.0. The Morgan fingerprint density at radius 1 is 1.16 bits per heavy atom. The number of aromatic nitrogens is 1. The van der Waals surface area contributed by atoms with Crippen LogP contribution in [0.1, 0.15) is 5.56 Å². The number of amides is 1. The number of hydrogen-bond donors (Lipinski definition) is 1. The van der Waals surface area contributed by atoms with Gasteiger partial charge in [0.1, 0.15) is 11.3 Å². The van der Waals surface area contributed by atoms with Gasteiger partial charge in [0.05, 0.1) is 20.1 Å². The van der Waals surface area contributed by atoms with Crippen LogP contribution in [0.3, 0.4) is 0 Å². The van der Waals surface area contributed by atoms with E-state index in [-0.39, 0.29) is 12.5 Å². The molecule has 1 amide bonds. The predicted molar refractivity (Wildman–Crippen MR) is 130 cm³/mol. The smallest absolute Gasteiger partial charge is 0.262 e. The Morgan fingerprint density at radius 2 is 1.97 bits per heavy atom. The summed E-state index contributed by atoms with van der Waals surface area (Å²) in [4.78, 5) is 16.9. The summed E-state index contributed by atoms with van der Waals surface area (Å²) in [5, 5.41) is 3.60. The number of nitrogens with one attached hydrogen (secondary N) is 1. The maximum Gasteiger partial charge on any atom is 0.262 e. The molecule has 4 aromatic rings. The first-order chi connectivity index (χ1) is 14.8. The Hall–Kier alpha value is -2.06. The van der Waals surface area contributed by atoms with E-state index in [1.807, 2.05) is 19.1 Å². The normalized spacial score (nSPS) is 11.0. The van der Waals surface area contributed by atoms with Gasteiger partial charge in [-0.1, -0.05) is 45.2 Å². The zero-order valence-corrected chi connectivity index (χ0v) is 20.7. The lowest BCUT2D eigenvalue weighted by atomic mass is 10.2. The molecule has 0 fully saturated rings. The first-order valence-corrected chi connectivity index (χ1v) is 11.4. The fourth-order valence-corrected chi connectivity index (χ4v) is 4.93. The molecule has 9 heteroatoms. The predicted octanol–water partition coefficient (Wildman–Crippen LogP) is 7.65. The van der Waals surface area contributed by atoms with Crippen LogP contribution in [0.25, 0.3) is 22.6 Å². The molecule has 31 heavy (non-hydrogen) atoms. The maximum absolute atomic E-state index is 12.4. The minimum atomic E-state index is -0.296. The maximum atomic E-state index is 12.4. The van der Waals surface area contributed by atoms with Crippen LogP contribution >= 0.6 is 55.1 Å². The molecule has 1 aromatic heterocycles. The molecule has 0 aliphatic rings. The van der Waals surface area contributed by atoms with E-state index in [4.69, 9.17) is 32.4 Å². The SMILES string of the molecule is Cc1cc(Br)cc(Br)c1OCC(=O)Nc1ccc2oc(-c3cccc(Cl)c3Cl)nc2c1. The van der Waals surface area contributed by atoms with Gasteiger partial charge in [-0.15, -0.1) is 0 Å². The highest BCUT2D eigenvalue weighted by molar-refractivity contribution is 9.11. The largest absolute Gasteiger partial charge is 0.482 e. The average Bonchev–Trinajstić information content (AvgIpc) is 3.12. The van der Waals surface area contributed by atoms with Crippen molar-refractivity contribution >= 4 is 77.8 Å². The molecule has 0 radical (unpaired) electrons. The van der Waals surface area contributed by atoms with Crippen LogP contribution in [0.15, 0.2) is 61.9 Å². The number of rotatable bonds is 5. The molecular formula is C22H14Br2Cl2N2O3. The second kappa shape index (κ2) is 9.20. The molecule has 0 spiro atoms. The van der Waals surface area contributed by atoms with Crippen molar-refractivity contribution in [2.45, 2.75) is 6.92 Å². The summed E-state index contributed by atoms with van der Waals surface area (Å²) in [5.74, 6) is 0.674. The van der Waals surface area contributed by atoms with Gasteiger partial charge in [-0.05, 0) is 70.9 Å². The summed E-state index contributed by atoms with van der Waals surface area (Å²) in [6.45, 7) is 1.77. The quantitative estimate of drug-likeness (QED) is 0.262. The summed E-state index contributed by atoms with van der Waals surface area (Å²) in [6, 6.07) is 14.2. The fraction of sp³-hybridized carbons (Fsp3) is 0.0909. The molecule has 3 aromatic carbocycles. The molecule has 0 unspecified atom stereocenters. The van der Waals surface area contributed by atoms with Gasteiger partial charge < -0.3 is 14.5 Å². The van der Waals surface area contributed by atoms with Crippen molar-refractivity contribution in [2.75, 3.05) is 11.9 Å². The Labute approximate surface area is 205 Å².